The largest absolute Gasteiger partial charge is 0.497 e. The molecule has 1 fully saturated rings. The minimum Gasteiger partial charge on any atom is -0.497 e. The van der Waals surface area contributed by atoms with E-state index in [0.29, 0.717) is 27.9 Å². The molecular formula is C23H27N3O5S. The van der Waals surface area contributed by atoms with Crippen molar-refractivity contribution in [3.63, 3.8) is 0 Å². The Morgan fingerprint density at radius 3 is 2.69 bits per heavy atom. The third-order valence-corrected chi connectivity index (χ3v) is 6.40. The normalized spacial score (nSPS) is 19.8. The summed E-state index contributed by atoms with van der Waals surface area (Å²) in [5, 5.41) is 5.67. The topological polar surface area (TPSA) is 89.5 Å². The van der Waals surface area contributed by atoms with Crippen LogP contribution in [-0.4, -0.2) is 48.8 Å². The molecule has 0 saturated heterocycles. The molecular weight excluding hydrogens is 430 g/mol. The summed E-state index contributed by atoms with van der Waals surface area (Å²) in [7, 11) is 3.17. The standard InChI is InChI=1S/C23H27N3O5S/c1-5-31-22(28)20-13(2)24-23-26(15(12-32-23)10-19(27)25-14-6-7-14)21(20)17-9-8-16(29-3)11-18(17)30-4/h8-9,11-12,14,21H,5-7,10H2,1-4H3,(H,25,27)/t21-/m0/s1. The van der Waals surface area contributed by atoms with Crippen molar-refractivity contribution in [1.82, 2.24) is 10.2 Å². The zero-order valence-corrected chi connectivity index (χ0v) is 19.5. The van der Waals surface area contributed by atoms with Gasteiger partial charge in [-0.2, -0.15) is 0 Å². The van der Waals surface area contributed by atoms with Crippen molar-refractivity contribution in [3.8, 4) is 11.5 Å². The molecule has 9 heteroatoms. The molecule has 1 aromatic rings. The average Bonchev–Trinajstić information content (AvgIpc) is 3.51. The van der Waals surface area contributed by atoms with Gasteiger partial charge in [0.15, 0.2) is 5.17 Å². The fourth-order valence-electron chi connectivity index (χ4n) is 3.85. The van der Waals surface area contributed by atoms with Gasteiger partial charge in [0.2, 0.25) is 5.91 Å². The van der Waals surface area contributed by atoms with E-state index in [1.807, 2.05) is 22.4 Å². The molecule has 0 aromatic heterocycles. The molecule has 170 valence electrons. The summed E-state index contributed by atoms with van der Waals surface area (Å²) in [6, 6.07) is 5.22. The van der Waals surface area contributed by atoms with Crippen LogP contribution in [-0.2, 0) is 14.3 Å². The van der Waals surface area contributed by atoms with E-state index in [2.05, 4.69) is 10.3 Å². The second-order valence-corrected chi connectivity index (χ2v) is 8.58. The van der Waals surface area contributed by atoms with Crippen LogP contribution in [0.2, 0.25) is 0 Å². The number of benzene rings is 1. The highest BCUT2D eigenvalue weighted by molar-refractivity contribution is 8.16. The van der Waals surface area contributed by atoms with E-state index in [0.717, 1.165) is 24.1 Å². The van der Waals surface area contributed by atoms with Crippen LogP contribution in [0, 0.1) is 0 Å². The highest BCUT2D eigenvalue weighted by Gasteiger charge is 2.42. The number of hydrogen-bond acceptors (Lipinski definition) is 8. The number of amides is 1. The second-order valence-electron chi connectivity index (χ2n) is 7.74. The Hall–Kier alpha value is -2.94. The van der Waals surface area contributed by atoms with Crippen molar-refractivity contribution in [3.05, 3.63) is 46.1 Å². The van der Waals surface area contributed by atoms with Crippen LogP contribution >= 0.6 is 11.8 Å². The first-order valence-electron chi connectivity index (χ1n) is 10.6. The lowest BCUT2D eigenvalue weighted by atomic mass is 9.93. The predicted molar refractivity (Wildman–Crippen MR) is 122 cm³/mol. The predicted octanol–water partition coefficient (Wildman–Crippen LogP) is 3.51. The van der Waals surface area contributed by atoms with Crippen molar-refractivity contribution in [2.24, 2.45) is 4.99 Å². The summed E-state index contributed by atoms with van der Waals surface area (Å²) in [5.74, 6) is 0.743. The van der Waals surface area contributed by atoms with E-state index in [1.165, 1.54) is 11.8 Å². The molecule has 1 aromatic carbocycles. The summed E-state index contributed by atoms with van der Waals surface area (Å²) in [5.41, 5.74) is 2.56. The Kier molecular flexibility index (Phi) is 6.45. The van der Waals surface area contributed by atoms with E-state index in [-0.39, 0.29) is 25.0 Å². The molecule has 1 N–H and O–H groups in total. The van der Waals surface area contributed by atoms with Crippen LogP contribution in [0.4, 0.5) is 0 Å². The van der Waals surface area contributed by atoms with Crippen LogP contribution in [0.5, 0.6) is 11.5 Å². The maximum atomic E-state index is 13.0. The molecule has 1 amide bonds. The Morgan fingerprint density at radius 1 is 1.25 bits per heavy atom. The van der Waals surface area contributed by atoms with E-state index in [1.54, 1.807) is 34.1 Å². The molecule has 0 unspecified atom stereocenters. The van der Waals surface area contributed by atoms with Crippen molar-refractivity contribution in [1.29, 1.82) is 0 Å². The highest BCUT2D eigenvalue weighted by Crippen LogP contribution is 2.47. The van der Waals surface area contributed by atoms with Gasteiger partial charge in [0, 0.05) is 23.4 Å². The summed E-state index contributed by atoms with van der Waals surface area (Å²) < 4.78 is 16.4. The van der Waals surface area contributed by atoms with Crippen molar-refractivity contribution < 1.29 is 23.8 Å². The summed E-state index contributed by atoms with van der Waals surface area (Å²) >= 11 is 1.44. The molecule has 1 aliphatic carbocycles. The summed E-state index contributed by atoms with van der Waals surface area (Å²) in [6.07, 6.45) is 2.25. The lowest BCUT2D eigenvalue weighted by molar-refractivity contribution is -0.139. The molecule has 0 spiro atoms. The Morgan fingerprint density at radius 2 is 2.03 bits per heavy atom. The van der Waals surface area contributed by atoms with E-state index in [4.69, 9.17) is 14.2 Å². The van der Waals surface area contributed by atoms with E-state index in [9.17, 15) is 9.59 Å². The lowest BCUT2D eigenvalue weighted by Gasteiger charge is -2.36. The number of carbonyl (C=O) groups is 2. The summed E-state index contributed by atoms with van der Waals surface area (Å²) in [6.45, 7) is 3.82. The third kappa shape index (κ3) is 4.34. The number of fused-ring (bicyclic) bond motifs is 1. The highest BCUT2D eigenvalue weighted by atomic mass is 32.2. The number of esters is 1. The number of ether oxygens (including phenoxy) is 3. The van der Waals surface area contributed by atoms with Crippen LogP contribution in [0.3, 0.4) is 0 Å². The molecule has 0 bridgehead atoms. The molecule has 4 rings (SSSR count). The molecule has 3 aliphatic rings. The first kappa shape index (κ1) is 22.3. The zero-order chi connectivity index (χ0) is 22.8. The fourth-order valence-corrected chi connectivity index (χ4v) is 4.81. The van der Waals surface area contributed by atoms with E-state index < -0.39 is 12.0 Å². The number of methoxy groups -OCH3 is 2. The van der Waals surface area contributed by atoms with Crippen LogP contribution in [0.15, 0.2) is 45.6 Å². The van der Waals surface area contributed by atoms with Crippen LogP contribution in [0.1, 0.15) is 44.7 Å². The number of thioether (sulfide) groups is 1. The maximum absolute atomic E-state index is 13.0. The number of rotatable bonds is 8. The van der Waals surface area contributed by atoms with Gasteiger partial charge in [-0.25, -0.2) is 9.79 Å². The number of nitrogens with one attached hydrogen (secondary N) is 1. The van der Waals surface area contributed by atoms with Crippen molar-refractivity contribution >= 4 is 28.8 Å². The molecule has 2 heterocycles. The van der Waals surface area contributed by atoms with Gasteiger partial charge in [-0.1, -0.05) is 11.8 Å². The number of amidine groups is 1. The minimum atomic E-state index is -0.544. The van der Waals surface area contributed by atoms with Crippen molar-refractivity contribution in [2.45, 2.75) is 45.2 Å². The molecule has 1 saturated carbocycles. The number of carbonyl (C=O) groups excluding carboxylic acids is 2. The van der Waals surface area contributed by atoms with Gasteiger partial charge in [0.25, 0.3) is 0 Å². The third-order valence-electron chi connectivity index (χ3n) is 5.52. The van der Waals surface area contributed by atoms with Gasteiger partial charge in [-0.05, 0) is 44.2 Å². The number of hydrogen-bond donors (Lipinski definition) is 1. The number of nitrogens with zero attached hydrogens (tertiary/aromatic N) is 2. The molecule has 2 aliphatic heterocycles. The lowest BCUT2D eigenvalue weighted by Crippen LogP contribution is -2.38. The Labute approximate surface area is 191 Å². The first-order valence-corrected chi connectivity index (χ1v) is 11.5. The Bertz CT molecular complexity index is 1030. The monoisotopic (exact) mass is 457 g/mol. The zero-order valence-electron chi connectivity index (χ0n) is 18.6. The van der Waals surface area contributed by atoms with Gasteiger partial charge >= 0.3 is 5.97 Å². The van der Waals surface area contributed by atoms with Crippen LogP contribution in [0.25, 0.3) is 0 Å². The summed E-state index contributed by atoms with van der Waals surface area (Å²) in [4.78, 5) is 32.2. The SMILES string of the molecule is CCOC(=O)C1=C(C)N=C2SC=C(CC(=O)NC3CC3)N2[C@H]1c1ccc(OC)cc1OC. The number of aliphatic imine (C=N–C) groups is 1. The van der Waals surface area contributed by atoms with Crippen LogP contribution < -0.4 is 14.8 Å². The van der Waals surface area contributed by atoms with Crippen molar-refractivity contribution in [2.75, 3.05) is 20.8 Å². The quantitative estimate of drug-likeness (QED) is 0.598. The first-order chi connectivity index (χ1) is 15.5. The smallest absolute Gasteiger partial charge is 0.338 e. The maximum Gasteiger partial charge on any atom is 0.338 e. The second kappa shape index (κ2) is 9.28. The minimum absolute atomic E-state index is 0.0370. The molecule has 8 nitrogen and oxygen atoms in total. The van der Waals surface area contributed by atoms with Gasteiger partial charge in [-0.15, -0.1) is 0 Å². The molecule has 32 heavy (non-hydrogen) atoms. The molecule has 1 atom stereocenters. The van der Waals surface area contributed by atoms with Gasteiger partial charge in [-0.3, -0.25) is 4.79 Å². The van der Waals surface area contributed by atoms with E-state index >= 15 is 0 Å². The molecule has 0 radical (unpaired) electrons. The Balaban J connectivity index is 1.77. The average molecular weight is 458 g/mol. The van der Waals surface area contributed by atoms with Gasteiger partial charge in [0.1, 0.15) is 11.5 Å². The van der Waals surface area contributed by atoms with Gasteiger partial charge in [0.05, 0.1) is 44.6 Å². The van der Waals surface area contributed by atoms with Gasteiger partial charge < -0.3 is 24.4 Å². The fraction of sp³-hybridized carbons (Fsp3) is 0.435. The number of allylic oxidation sites excluding steroid dienone is 1.